The van der Waals surface area contributed by atoms with E-state index in [4.69, 9.17) is 9.47 Å². The SMILES string of the molecule is CCNC(C=C(C)C)c1ccc(OC)cc1OC. The molecule has 3 heteroatoms. The predicted octanol–water partition coefficient (Wildman–Crippen LogP) is 3.32. The summed E-state index contributed by atoms with van der Waals surface area (Å²) in [5, 5.41) is 3.45. The number of allylic oxidation sites excluding steroid dienone is 1. The lowest BCUT2D eigenvalue weighted by molar-refractivity contribution is 0.388. The third-order valence-corrected chi connectivity index (χ3v) is 2.70. The third-order valence-electron chi connectivity index (χ3n) is 2.70. The van der Waals surface area contributed by atoms with E-state index in [1.54, 1.807) is 14.2 Å². The van der Waals surface area contributed by atoms with Crippen LogP contribution in [0, 0.1) is 0 Å². The molecule has 1 N–H and O–H groups in total. The standard InChI is InChI=1S/C15H23NO2/c1-6-16-14(9-11(2)3)13-8-7-12(17-4)10-15(13)18-5/h7-10,14,16H,6H2,1-5H3. The molecule has 100 valence electrons. The van der Waals surface area contributed by atoms with Gasteiger partial charge in [0.05, 0.1) is 20.3 Å². The molecule has 1 aromatic rings. The average Bonchev–Trinajstić information content (AvgIpc) is 2.37. The number of methoxy groups -OCH3 is 2. The second-order valence-corrected chi connectivity index (χ2v) is 4.39. The van der Waals surface area contributed by atoms with Gasteiger partial charge in [0.15, 0.2) is 0 Å². The van der Waals surface area contributed by atoms with E-state index in [9.17, 15) is 0 Å². The van der Waals surface area contributed by atoms with E-state index >= 15 is 0 Å². The maximum atomic E-state index is 5.45. The first-order valence-corrected chi connectivity index (χ1v) is 6.22. The Morgan fingerprint density at radius 3 is 2.50 bits per heavy atom. The molecule has 0 aliphatic carbocycles. The van der Waals surface area contributed by atoms with Crippen molar-refractivity contribution in [2.24, 2.45) is 0 Å². The quantitative estimate of drug-likeness (QED) is 0.784. The molecule has 0 saturated carbocycles. The summed E-state index contributed by atoms with van der Waals surface area (Å²) in [7, 11) is 3.34. The number of rotatable bonds is 6. The minimum absolute atomic E-state index is 0.167. The third kappa shape index (κ3) is 3.77. The van der Waals surface area contributed by atoms with Gasteiger partial charge < -0.3 is 14.8 Å². The van der Waals surface area contributed by atoms with Crippen molar-refractivity contribution in [1.29, 1.82) is 0 Å². The molecule has 0 bridgehead atoms. The Kier molecular flexibility index (Phi) is 5.72. The van der Waals surface area contributed by atoms with Gasteiger partial charge in [-0.15, -0.1) is 0 Å². The normalized spacial score (nSPS) is 11.8. The lowest BCUT2D eigenvalue weighted by Crippen LogP contribution is -2.19. The fraction of sp³-hybridized carbons (Fsp3) is 0.467. The zero-order valence-electron chi connectivity index (χ0n) is 11.9. The van der Waals surface area contributed by atoms with Crippen molar-refractivity contribution in [2.45, 2.75) is 26.8 Å². The van der Waals surface area contributed by atoms with Crippen molar-refractivity contribution in [3.05, 3.63) is 35.4 Å². The molecular formula is C15H23NO2. The molecule has 3 nitrogen and oxygen atoms in total. The number of hydrogen-bond donors (Lipinski definition) is 1. The van der Waals surface area contributed by atoms with E-state index in [1.807, 2.05) is 18.2 Å². The van der Waals surface area contributed by atoms with Crippen molar-refractivity contribution in [2.75, 3.05) is 20.8 Å². The van der Waals surface area contributed by atoms with Crippen LogP contribution in [-0.2, 0) is 0 Å². The van der Waals surface area contributed by atoms with Crippen molar-refractivity contribution in [1.82, 2.24) is 5.32 Å². The zero-order chi connectivity index (χ0) is 13.5. The first-order chi connectivity index (χ1) is 8.62. The summed E-state index contributed by atoms with van der Waals surface area (Å²) < 4.78 is 10.7. The summed E-state index contributed by atoms with van der Waals surface area (Å²) >= 11 is 0. The first kappa shape index (κ1) is 14.6. The van der Waals surface area contributed by atoms with Gasteiger partial charge in [0, 0.05) is 11.6 Å². The highest BCUT2D eigenvalue weighted by Crippen LogP contribution is 2.30. The first-order valence-electron chi connectivity index (χ1n) is 6.22. The minimum atomic E-state index is 0.167. The van der Waals surface area contributed by atoms with Gasteiger partial charge in [-0.2, -0.15) is 0 Å². The molecule has 0 radical (unpaired) electrons. The van der Waals surface area contributed by atoms with Gasteiger partial charge in [0.25, 0.3) is 0 Å². The van der Waals surface area contributed by atoms with Crippen molar-refractivity contribution in [3.63, 3.8) is 0 Å². The monoisotopic (exact) mass is 249 g/mol. The van der Waals surface area contributed by atoms with Crippen LogP contribution in [0.2, 0.25) is 0 Å². The van der Waals surface area contributed by atoms with E-state index in [0.717, 1.165) is 23.6 Å². The van der Waals surface area contributed by atoms with Crippen LogP contribution >= 0.6 is 0 Å². The van der Waals surface area contributed by atoms with Gasteiger partial charge in [0.1, 0.15) is 11.5 Å². The number of ether oxygens (including phenoxy) is 2. The van der Waals surface area contributed by atoms with Gasteiger partial charge >= 0.3 is 0 Å². The molecule has 0 spiro atoms. The van der Waals surface area contributed by atoms with E-state index in [2.05, 4.69) is 32.2 Å². The molecule has 0 saturated heterocycles. The van der Waals surface area contributed by atoms with Crippen LogP contribution in [0.15, 0.2) is 29.8 Å². The van der Waals surface area contributed by atoms with Gasteiger partial charge in [-0.25, -0.2) is 0 Å². The van der Waals surface area contributed by atoms with Crippen LogP contribution in [0.1, 0.15) is 32.4 Å². The van der Waals surface area contributed by atoms with E-state index < -0.39 is 0 Å². The average molecular weight is 249 g/mol. The molecule has 1 aromatic carbocycles. The van der Waals surface area contributed by atoms with E-state index in [0.29, 0.717) is 0 Å². The van der Waals surface area contributed by atoms with Crippen LogP contribution in [-0.4, -0.2) is 20.8 Å². The highest BCUT2D eigenvalue weighted by Gasteiger charge is 2.13. The molecule has 1 rings (SSSR count). The van der Waals surface area contributed by atoms with Crippen LogP contribution in [0.5, 0.6) is 11.5 Å². The predicted molar refractivity (Wildman–Crippen MR) is 75.4 cm³/mol. The Hall–Kier alpha value is -1.48. The molecule has 0 aliphatic heterocycles. The Morgan fingerprint density at radius 2 is 2.00 bits per heavy atom. The number of nitrogens with one attached hydrogen (secondary N) is 1. The molecule has 1 unspecified atom stereocenters. The minimum Gasteiger partial charge on any atom is -0.497 e. The summed E-state index contributed by atoms with van der Waals surface area (Å²) in [6.45, 7) is 7.20. The molecule has 1 atom stereocenters. The Balaban J connectivity index is 3.14. The van der Waals surface area contributed by atoms with Gasteiger partial charge in [-0.05, 0) is 32.5 Å². The summed E-state index contributed by atoms with van der Waals surface area (Å²) in [5.74, 6) is 1.65. The smallest absolute Gasteiger partial charge is 0.127 e. The van der Waals surface area contributed by atoms with Gasteiger partial charge in [-0.3, -0.25) is 0 Å². The number of likely N-dealkylation sites (N-methyl/N-ethyl adjacent to an activating group) is 1. The van der Waals surface area contributed by atoms with Gasteiger partial charge in [-0.1, -0.05) is 18.6 Å². The summed E-state index contributed by atoms with van der Waals surface area (Å²) in [4.78, 5) is 0. The fourth-order valence-electron chi connectivity index (χ4n) is 1.89. The lowest BCUT2D eigenvalue weighted by Gasteiger charge is -2.19. The second-order valence-electron chi connectivity index (χ2n) is 4.39. The molecule has 0 aliphatic rings. The van der Waals surface area contributed by atoms with E-state index in [1.165, 1.54) is 5.57 Å². The summed E-state index contributed by atoms with van der Waals surface area (Å²) in [5.41, 5.74) is 2.40. The van der Waals surface area contributed by atoms with Crippen LogP contribution < -0.4 is 14.8 Å². The van der Waals surface area contributed by atoms with Crippen LogP contribution in [0.25, 0.3) is 0 Å². The van der Waals surface area contributed by atoms with Crippen LogP contribution in [0.3, 0.4) is 0 Å². The molecule has 18 heavy (non-hydrogen) atoms. The highest BCUT2D eigenvalue weighted by molar-refractivity contribution is 5.44. The molecule has 0 aromatic heterocycles. The highest BCUT2D eigenvalue weighted by atomic mass is 16.5. The summed E-state index contributed by atoms with van der Waals surface area (Å²) in [6, 6.07) is 6.09. The maximum Gasteiger partial charge on any atom is 0.127 e. The Labute approximate surface area is 110 Å². The van der Waals surface area contributed by atoms with Crippen molar-refractivity contribution >= 4 is 0 Å². The van der Waals surface area contributed by atoms with Crippen LogP contribution in [0.4, 0.5) is 0 Å². The second kappa shape index (κ2) is 7.07. The zero-order valence-corrected chi connectivity index (χ0v) is 11.9. The molecular weight excluding hydrogens is 226 g/mol. The Bertz CT molecular complexity index is 409. The van der Waals surface area contributed by atoms with Crippen molar-refractivity contribution in [3.8, 4) is 11.5 Å². The van der Waals surface area contributed by atoms with Crippen molar-refractivity contribution < 1.29 is 9.47 Å². The van der Waals surface area contributed by atoms with E-state index in [-0.39, 0.29) is 6.04 Å². The Morgan fingerprint density at radius 1 is 1.28 bits per heavy atom. The molecule has 0 amide bonds. The van der Waals surface area contributed by atoms with Gasteiger partial charge in [0.2, 0.25) is 0 Å². The number of hydrogen-bond acceptors (Lipinski definition) is 3. The number of benzene rings is 1. The lowest BCUT2D eigenvalue weighted by atomic mass is 10.0. The molecule has 0 fully saturated rings. The maximum absolute atomic E-state index is 5.45. The fourth-order valence-corrected chi connectivity index (χ4v) is 1.89. The topological polar surface area (TPSA) is 30.5 Å². The largest absolute Gasteiger partial charge is 0.497 e. The molecule has 0 heterocycles. The summed E-state index contributed by atoms with van der Waals surface area (Å²) in [6.07, 6.45) is 2.20.